The van der Waals surface area contributed by atoms with E-state index in [-0.39, 0.29) is 30.6 Å². The summed E-state index contributed by atoms with van der Waals surface area (Å²) in [5, 5.41) is 1.49. The monoisotopic (exact) mass is 401 g/mol. The van der Waals surface area contributed by atoms with Gasteiger partial charge >= 0.3 is 0 Å². The topological polar surface area (TPSA) is 81.7 Å². The first-order valence-corrected chi connectivity index (χ1v) is 9.26. The average Bonchev–Trinajstić information content (AvgIpc) is 2.68. The van der Waals surface area contributed by atoms with E-state index < -0.39 is 5.24 Å². The molecule has 2 aromatic carbocycles. The molecule has 1 unspecified atom stereocenters. The molecule has 28 heavy (non-hydrogen) atoms. The number of benzene rings is 2. The van der Waals surface area contributed by atoms with Crippen LogP contribution in [0.3, 0.4) is 0 Å². The van der Waals surface area contributed by atoms with Crippen LogP contribution in [0.5, 0.6) is 11.5 Å². The van der Waals surface area contributed by atoms with Crippen molar-refractivity contribution in [3.63, 3.8) is 0 Å². The first-order valence-electron chi connectivity index (χ1n) is 8.82. The maximum Gasteiger partial charge on any atom is 0.282 e. The second kappa shape index (κ2) is 10.5. The Morgan fingerprint density at radius 1 is 1.07 bits per heavy atom. The molecule has 0 spiro atoms. The molecule has 0 saturated heterocycles. The number of carbonyl (C=O) groups is 3. The average molecular weight is 401 g/mol. The van der Waals surface area contributed by atoms with Crippen molar-refractivity contribution in [1.82, 2.24) is 5.32 Å². The zero-order chi connectivity index (χ0) is 20.5. The molecule has 0 saturated carbocycles. The van der Waals surface area contributed by atoms with Crippen LogP contribution in [0.4, 0.5) is 4.79 Å². The summed E-state index contributed by atoms with van der Waals surface area (Å²) >= 11 is 3.53. The van der Waals surface area contributed by atoms with Crippen molar-refractivity contribution >= 4 is 29.6 Å². The smallest absolute Gasteiger partial charge is 0.282 e. The van der Waals surface area contributed by atoms with Gasteiger partial charge in [0.1, 0.15) is 11.5 Å². The number of hydrogen-bond donors (Lipinski definition) is 2. The van der Waals surface area contributed by atoms with Gasteiger partial charge in [-0.3, -0.25) is 19.7 Å². The van der Waals surface area contributed by atoms with Crippen molar-refractivity contribution in [2.75, 3.05) is 13.7 Å². The second-order valence-electron chi connectivity index (χ2n) is 6.30. The number of rotatable bonds is 9. The lowest BCUT2D eigenvalue weighted by molar-refractivity contribution is -0.123. The largest absolute Gasteiger partial charge is 0.497 e. The number of amides is 2. The molecular weight excluding hydrogens is 378 g/mol. The molecule has 0 aliphatic carbocycles. The van der Waals surface area contributed by atoms with Crippen molar-refractivity contribution in [2.24, 2.45) is 5.92 Å². The fourth-order valence-electron chi connectivity index (χ4n) is 2.60. The first kappa shape index (κ1) is 21.5. The summed E-state index contributed by atoms with van der Waals surface area (Å²) in [5.74, 6) is 0.544. The fourth-order valence-corrected chi connectivity index (χ4v) is 2.71. The van der Waals surface area contributed by atoms with Crippen LogP contribution in [-0.4, -0.2) is 30.6 Å². The third-order valence-electron chi connectivity index (χ3n) is 4.13. The van der Waals surface area contributed by atoms with Crippen molar-refractivity contribution < 1.29 is 23.9 Å². The van der Waals surface area contributed by atoms with Crippen LogP contribution in [0.25, 0.3) is 0 Å². The van der Waals surface area contributed by atoms with Gasteiger partial charge in [-0.15, -0.1) is 0 Å². The van der Waals surface area contributed by atoms with E-state index in [9.17, 15) is 14.4 Å². The summed E-state index contributed by atoms with van der Waals surface area (Å²) in [6, 6.07) is 14.3. The van der Waals surface area contributed by atoms with Gasteiger partial charge in [-0.25, -0.2) is 0 Å². The van der Waals surface area contributed by atoms with Crippen LogP contribution in [0.2, 0.25) is 0 Å². The van der Waals surface area contributed by atoms with E-state index in [0.29, 0.717) is 23.5 Å². The zero-order valence-electron chi connectivity index (χ0n) is 15.8. The van der Waals surface area contributed by atoms with E-state index in [0.717, 1.165) is 5.56 Å². The Kier molecular flexibility index (Phi) is 8.07. The number of hydrogen-bond acceptors (Lipinski definition) is 5. The Balaban J connectivity index is 1.81. The lowest BCUT2D eigenvalue weighted by Crippen LogP contribution is -2.32. The molecular formula is C21H23NO5S. The number of imide groups is 1. The molecule has 0 heterocycles. The maximum absolute atomic E-state index is 12.2. The lowest BCUT2D eigenvalue weighted by Gasteiger charge is -2.11. The summed E-state index contributed by atoms with van der Waals surface area (Å²) in [6.07, 6.45) is 0.741. The second-order valence-corrected chi connectivity index (χ2v) is 6.70. The SMILES string of the molecule is COc1cccc(C(=O)CCOc2ccc(CC(C)C(=O)NC(=O)S)cc2)c1. The molecule has 1 N–H and O–H groups in total. The Bertz CT molecular complexity index is 835. The number of methoxy groups -OCH3 is 1. The van der Waals surface area contributed by atoms with Crippen molar-refractivity contribution in [2.45, 2.75) is 19.8 Å². The predicted molar refractivity (Wildman–Crippen MR) is 109 cm³/mol. The molecule has 7 heteroatoms. The fraction of sp³-hybridized carbons (Fsp3) is 0.286. The van der Waals surface area contributed by atoms with Gasteiger partial charge in [-0.1, -0.05) is 43.8 Å². The molecule has 0 aliphatic rings. The molecule has 0 aromatic heterocycles. The van der Waals surface area contributed by atoms with E-state index in [1.807, 2.05) is 12.1 Å². The molecule has 2 aromatic rings. The molecule has 0 fully saturated rings. The summed E-state index contributed by atoms with van der Waals surface area (Å²) in [7, 11) is 1.56. The number of thiol groups is 1. The van der Waals surface area contributed by atoms with Gasteiger partial charge < -0.3 is 9.47 Å². The summed E-state index contributed by atoms with van der Waals surface area (Å²) in [5.41, 5.74) is 1.53. The van der Waals surface area contributed by atoms with Crippen LogP contribution in [0.1, 0.15) is 29.3 Å². The van der Waals surface area contributed by atoms with Crippen LogP contribution in [0.15, 0.2) is 48.5 Å². The van der Waals surface area contributed by atoms with Gasteiger partial charge in [-0.05, 0) is 36.2 Å². The van der Waals surface area contributed by atoms with Gasteiger partial charge in [0, 0.05) is 17.9 Å². The molecule has 6 nitrogen and oxygen atoms in total. The molecule has 2 rings (SSSR count). The van der Waals surface area contributed by atoms with Gasteiger partial charge in [0.05, 0.1) is 13.7 Å². The molecule has 2 amide bonds. The van der Waals surface area contributed by atoms with E-state index in [4.69, 9.17) is 9.47 Å². The zero-order valence-corrected chi connectivity index (χ0v) is 16.7. The minimum Gasteiger partial charge on any atom is -0.497 e. The summed E-state index contributed by atoms with van der Waals surface area (Å²) in [4.78, 5) is 34.8. The Labute approximate surface area is 169 Å². The van der Waals surface area contributed by atoms with Crippen molar-refractivity contribution in [1.29, 1.82) is 0 Å². The van der Waals surface area contributed by atoms with Crippen LogP contribution in [0, 0.1) is 5.92 Å². The third-order valence-corrected chi connectivity index (χ3v) is 4.24. The molecule has 148 valence electrons. The predicted octanol–water partition coefficient (Wildman–Crippen LogP) is 3.69. The standard InChI is InChI=1S/C21H23NO5S/c1-14(20(24)22-21(25)28)12-15-6-8-17(9-7-15)27-11-10-19(23)16-4-3-5-18(13-16)26-2/h3-9,13-14H,10-12H2,1-2H3,(H2,22,24,25,28). The van der Waals surface area contributed by atoms with Crippen LogP contribution >= 0.6 is 12.6 Å². The minimum atomic E-state index is -0.663. The van der Waals surface area contributed by atoms with Gasteiger partial charge in [0.25, 0.3) is 5.24 Å². The first-order chi connectivity index (χ1) is 13.4. The molecule has 0 radical (unpaired) electrons. The highest BCUT2D eigenvalue weighted by Crippen LogP contribution is 2.17. The minimum absolute atomic E-state index is 0.0194. The third kappa shape index (κ3) is 6.74. The Morgan fingerprint density at radius 2 is 1.79 bits per heavy atom. The number of Topliss-reactive ketones (excluding diaryl/α,β-unsaturated/α-hetero) is 1. The molecule has 0 bridgehead atoms. The Hall–Kier alpha value is -2.80. The van der Waals surface area contributed by atoms with Crippen molar-refractivity contribution in [3.8, 4) is 11.5 Å². The summed E-state index contributed by atoms with van der Waals surface area (Å²) < 4.78 is 10.8. The number of ketones is 1. The highest BCUT2D eigenvalue weighted by molar-refractivity contribution is 7.96. The highest BCUT2D eigenvalue weighted by atomic mass is 32.1. The van der Waals surface area contributed by atoms with Gasteiger partial charge in [0.15, 0.2) is 5.78 Å². The lowest BCUT2D eigenvalue weighted by atomic mass is 10.0. The normalized spacial score (nSPS) is 11.4. The maximum atomic E-state index is 12.2. The van der Waals surface area contributed by atoms with Crippen molar-refractivity contribution in [3.05, 3.63) is 59.7 Å². The van der Waals surface area contributed by atoms with E-state index >= 15 is 0 Å². The number of ether oxygens (including phenoxy) is 2. The molecule has 1 atom stereocenters. The van der Waals surface area contributed by atoms with Gasteiger partial charge in [0.2, 0.25) is 5.91 Å². The highest BCUT2D eigenvalue weighted by Gasteiger charge is 2.15. The van der Waals surface area contributed by atoms with Crippen LogP contribution < -0.4 is 14.8 Å². The summed E-state index contributed by atoms with van der Waals surface area (Å²) in [6.45, 7) is 2.00. The Morgan fingerprint density at radius 3 is 2.43 bits per heavy atom. The van der Waals surface area contributed by atoms with Gasteiger partial charge in [-0.2, -0.15) is 0 Å². The number of nitrogens with one attached hydrogen (secondary N) is 1. The molecule has 0 aliphatic heterocycles. The number of carbonyl (C=O) groups excluding carboxylic acids is 3. The van der Waals surface area contributed by atoms with E-state index in [2.05, 4.69) is 17.9 Å². The quantitative estimate of drug-likeness (QED) is 0.495. The van der Waals surface area contributed by atoms with E-state index in [1.165, 1.54) is 0 Å². The van der Waals surface area contributed by atoms with E-state index in [1.54, 1.807) is 50.4 Å². The van der Waals surface area contributed by atoms with Crippen LogP contribution in [-0.2, 0) is 11.2 Å².